The summed E-state index contributed by atoms with van der Waals surface area (Å²) in [5.41, 5.74) is 11.9. The number of hydrogen-bond acceptors (Lipinski definition) is 4. The first-order chi connectivity index (χ1) is 8.59. The molecular formula is C11H17N5O2. The molecule has 2 rings (SSSR count). The van der Waals surface area contributed by atoms with Crippen molar-refractivity contribution < 1.29 is 9.59 Å². The standard InChI is InChI=1S/C11H17N5O2/c12-8(4-7-5-14-6-15-7)11(18)16-3-1-2-9(16)10(13)17/h5-6,8-9H,1-4,12H2,(H2,13,17)(H,14,15)/t8-,9?/m0/s1. The van der Waals surface area contributed by atoms with Crippen LogP contribution >= 0.6 is 0 Å². The third kappa shape index (κ3) is 2.51. The Labute approximate surface area is 105 Å². The number of primary amides is 1. The maximum absolute atomic E-state index is 12.1. The number of carbonyl (C=O) groups excluding carboxylic acids is 2. The van der Waals surface area contributed by atoms with Crippen molar-refractivity contribution in [3.63, 3.8) is 0 Å². The summed E-state index contributed by atoms with van der Waals surface area (Å²) in [5.74, 6) is -0.694. The molecule has 0 saturated carbocycles. The second-order valence-electron chi connectivity index (χ2n) is 4.48. The predicted molar refractivity (Wildman–Crippen MR) is 64.2 cm³/mol. The van der Waals surface area contributed by atoms with Gasteiger partial charge in [-0.15, -0.1) is 0 Å². The van der Waals surface area contributed by atoms with E-state index in [1.165, 1.54) is 11.2 Å². The highest BCUT2D eigenvalue weighted by molar-refractivity contribution is 5.89. The number of hydrogen-bond donors (Lipinski definition) is 3. The summed E-state index contributed by atoms with van der Waals surface area (Å²) >= 11 is 0. The first-order valence-corrected chi connectivity index (χ1v) is 5.92. The zero-order chi connectivity index (χ0) is 13.1. The first-order valence-electron chi connectivity index (χ1n) is 5.92. The van der Waals surface area contributed by atoms with Crippen LogP contribution in [-0.2, 0) is 16.0 Å². The average Bonchev–Trinajstić information content (AvgIpc) is 2.97. The van der Waals surface area contributed by atoms with Crippen LogP contribution in [0.4, 0.5) is 0 Å². The number of rotatable bonds is 4. The van der Waals surface area contributed by atoms with E-state index >= 15 is 0 Å². The van der Waals surface area contributed by atoms with Gasteiger partial charge in [0.25, 0.3) is 0 Å². The topological polar surface area (TPSA) is 118 Å². The summed E-state index contributed by atoms with van der Waals surface area (Å²) in [7, 11) is 0. The summed E-state index contributed by atoms with van der Waals surface area (Å²) in [4.78, 5) is 31.6. The number of nitrogens with one attached hydrogen (secondary N) is 1. The molecule has 0 radical (unpaired) electrons. The zero-order valence-corrected chi connectivity index (χ0v) is 10.0. The molecule has 18 heavy (non-hydrogen) atoms. The molecule has 2 atom stereocenters. The Kier molecular flexibility index (Phi) is 3.61. The fourth-order valence-electron chi connectivity index (χ4n) is 2.26. The zero-order valence-electron chi connectivity index (χ0n) is 10.0. The number of nitrogens with two attached hydrogens (primary N) is 2. The van der Waals surface area contributed by atoms with Crippen LogP contribution in [0, 0.1) is 0 Å². The number of likely N-dealkylation sites (tertiary alicyclic amines) is 1. The highest BCUT2D eigenvalue weighted by atomic mass is 16.2. The van der Waals surface area contributed by atoms with Gasteiger partial charge in [-0.3, -0.25) is 9.59 Å². The number of imidazole rings is 1. The molecule has 1 aliphatic rings. The molecule has 5 N–H and O–H groups in total. The third-order valence-electron chi connectivity index (χ3n) is 3.18. The van der Waals surface area contributed by atoms with E-state index in [9.17, 15) is 9.59 Å². The SMILES string of the molecule is NC(=O)C1CCCN1C(=O)[C@@H](N)Cc1cnc[nH]1. The molecule has 0 aliphatic carbocycles. The van der Waals surface area contributed by atoms with E-state index in [2.05, 4.69) is 9.97 Å². The van der Waals surface area contributed by atoms with Crippen LogP contribution in [0.5, 0.6) is 0 Å². The van der Waals surface area contributed by atoms with Crippen LogP contribution in [0.15, 0.2) is 12.5 Å². The molecule has 2 amide bonds. The molecule has 1 aliphatic heterocycles. The lowest BCUT2D eigenvalue weighted by Gasteiger charge is -2.25. The van der Waals surface area contributed by atoms with Gasteiger partial charge < -0.3 is 21.4 Å². The lowest BCUT2D eigenvalue weighted by molar-refractivity contribution is -0.138. The Morgan fingerprint density at radius 3 is 3.00 bits per heavy atom. The van der Waals surface area contributed by atoms with Crippen molar-refractivity contribution in [1.29, 1.82) is 0 Å². The second kappa shape index (κ2) is 5.18. The predicted octanol–water partition coefficient (Wildman–Crippen LogP) is -1.24. The Bertz CT molecular complexity index is 431. The minimum absolute atomic E-state index is 0.231. The van der Waals surface area contributed by atoms with E-state index in [0.29, 0.717) is 19.4 Å². The highest BCUT2D eigenvalue weighted by Gasteiger charge is 2.34. The number of aromatic amines is 1. The van der Waals surface area contributed by atoms with E-state index in [0.717, 1.165) is 12.1 Å². The number of carbonyl (C=O) groups is 2. The fourth-order valence-corrected chi connectivity index (χ4v) is 2.26. The number of aromatic nitrogens is 2. The molecule has 1 fully saturated rings. The molecule has 98 valence electrons. The van der Waals surface area contributed by atoms with Crippen LogP contribution in [0.3, 0.4) is 0 Å². The smallest absolute Gasteiger partial charge is 0.240 e. The average molecular weight is 251 g/mol. The summed E-state index contributed by atoms with van der Waals surface area (Å²) in [6.45, 7) is 0.545. The quantitative estimate of drug-likeness (QED) is 0.620. The van der Waals surface area contributed by atoms with Crippen molar-refractivity contribution in [3.8, 4) is 0 Å². The minimum atomic E-state index is -0.676. The molecule has 1 saturated heterocycles. The summed E-state index contributed by atoms with van der Waals surface area (Å²) in [6, 6.07) is -1.18. The van der Waals surface area contributed by atoms with Gasteiger partial charge in [0.2, 0.25) is 11.8 Å². The van der Waals surface area contributed by atoms with Crippen molar-refractivity contribution in [2.75, 3.05) is 6.54 Å². The molecule has 7 heteroatoms. The number of nitrogens with zero attached hydrogens (tertiary/aromatic N) is 2. The van der Waals surface area contributed by atoms with Crippen LogP contribution in [0.1, 0.15) is 18.5 Å². The van der Waals surface area contributed by atoms with Gasteiger partial charge in [0, 0.05) is 24.9 Å². The normalized spacial score (nSPS) is 20.9. The largest absolute Gasteiger partial charge is 0.368 e. The Morgan fingerprint density at radius 2 is 2.39 bits per heavy atom. The van der Waals surface area contributed by atoms with Crippen LogP contribution in [-0.4, -0.2) is 45.3 Å². The van der Waals surface area contributed by atoms with E-state index in [1.54, 1.807) is 6.20 Å². The molecule has 7 nitrogen and oxygen atoms in total. The Morgan fingerprint density at radius 1 is 1.61 bits per heavy atom. The minimum Gasteiger partial charge on any atom is -0.368 e. The fraction of sp³-hybridized carbons (Fsp3) is 0.545. The first kappa shape index (κ1) is 12.6. The summed E-state index contributed by atoms with van der Waals surface area (Å²) < 4.78 is 0. The van der Waals surface area contributed by atoms with Gasteiger partial charge in [-0.1, -0.05) is 0 Å². The van der Waals surface area contributed by atoms with Crippen LogP contribution < -0.4 is 11.5 Å². The Balaban J connectivity index is 1.99. The molecule has 1 aromatic rings. The van der Waals surface area contributed by atoms with Gasteiger partial charge in [-0.05, 0) is 12.8 Å². The molecular weight excluding hydrogens is 234 g/mol. The maximum Gasteiger partial charge on any atom is 0.240 e. The van der Waals surface area contributed by atoms with Crippen molar-refractivity contribution in [3.05, 3.63) is 18.2 Å². The van der Waals surface area contributed by atoms with Gasteiger partial charge in [0.15, 0.2) is 0 Å². The second-order valence-corrected chi connectivity index (χ2v) is 4.48. The van der Waals surface area contributed by atoms with E-state index in [4.69, 9.17) is 11.5 Å². The van der Waals surface area contributed by atoms with Gasteiger partial charge in [-0.25, -0.2) is 4.98 Å². The Hall–Kier alpha value is -1.89. The van der Waals surface area contributed by atoms with Crippen molar-refractivity contribution in [2.45, 2.75) is 31.3 Å². The molecule has 0 bridgehead atoms. The lowest BCUT2D eigenvalue weighted by atomic mass is 10.1. The van der Waals surface area contributed by atoms with Crippen LogP contribution in [0.2, 0.25) is 0 Å². The maximum atomic E-state index is 12.1. The molecule has 1 unspecified atom stereocenters. The van der Waals surface area contributed by atoms with E-state index in [-0.39, 0.29) is 5.91 Å². The van der Waals surface area contributed by atoms with E-state index in [1.807, 2.05) is 0 Å². The molecule has 0 aromatic carbocycles. The van der Waals surface area contributed by atoms with Gasteiger partial charge in [0.05, 0.1) is 12.4 Å². The van der Waals surface area contributed by atoms with Crippen LogP contribution in [0.25, 0.3) is 0 Å². The molecule has 0 spiro atoms. The van der Waals surface area contributed by atoms with Crippen molar-refractivity contribution in [1.82, 2.24) is 14.9 Å². The summed E-state index contributed by atoms with van der Waals surface area (Å²) in [6.07, 6.45) is 4.95. The number of H-pyrrole nitrogens is 1. The molecule has 2 heterocycles. The number of amides is 2. The van der Waals surface area contributed by atoms with Gasteiger partial charge in [-0.2, -0.15) is 0 Å². The molecule has 1 aromatic heterocycles. The summed E-state index contributed by atoms with van der Waals surface area (Å²) in [5, 5.41) is 0. The monoisotopic (exact) mass is 251 g/mol. The van der Waals surface area contributed by atoms with Crippen molar-refractivity contribution in [2.24, 2.45) is 11.5 Å². The lowest BCUT2D eigenvalue weighted by Crippen LogP contribution is -2.50. The third-order valence-corrected chi connectivity index (χ3v) is 3.18. The van der Waals surface area contributed by atoms with E-state index < -0.39 is 18.0 Å². The van der Waals surface area contributed by atoms with Gasteiger partial charge in [0.1, 0.15) is 6.04 Å². The highest BCUT2D eigenvalue weighted by Crippen LogP contribution is 2.18. The van der Waals surface area contributed by atoms with Crippen molar-refractivity contribution >= 4 is 11.8 Å². The van der Waals surface area contributed by atoms with Gasteiger partial charge >= 0.3 is 0 Å².